The van der Waals surface area contributed by atoms with Crippen LogP contribution in [-0.2, 0) is 35.0 Å². The molecule has 0 bridgehead atoms. The van der Waals surface area contributed by atoms with Crippen LogP contribution in [0.1, 0.15) is 79.2 Å². The highest BCUT2D eigenvalue weighted by Gasteiger charge is 2.28. The minimum absolute atomic E-state index is 0.0251. The SMILES string of the molecule is CC(C)COC(=O)Oc1ccc(C[C@H](N)C(=O)O[C@@H](C)C(C)OC(=O)C2CCCCC2)cc1OC(=O)OCC(C)C. The fourth-order valence-corrected chi connectivity index (χ4v) is 3.97. The van der Waals surface area contributed by atoms with E-state index in [4.69, 9.17) is 34.2 Å². The van der Waals surface area contributed by atoms with Crippen LogP contribution in [0.3, 0.4) is 0 Å². The molecular weight excluding hydrogens is 534 g/mol. The average molecular weight is 580 g/mol. The second-order valence-electron chi connectivity index (χ2n) is 11.3. The molecule has 11 heteroatoms. The van der Waals surface area contributed by atoms with Gasteiger partial charge >= 0.3 is 24.2 Å². The molecule has 0 heterocycles. The van der Waals surface area contributed by atoms with Crippen LogP contribution >= 0.6 is 0 Å². The van der Waals surface area contributed by atoms with E-state index in [-0.39, 0.29) is 54.9 Å². The maximum Gasteiger partial charge on any atom is 0.513 e. The lowest BCUT2D eigenvalue weighted by molar-refractivity contribution is -0.169. The Morgan fingerprint density at radius 3 is 1.88 bits per heavy atom. The first kappa shape index (κ1) is 33.9. The van der Waals surface area contributed by atoms with Crippen LogP contribution in [0.5, 0.6) is 11.5 Å². The number of hydrogen-bond acceptors (Lipinski definition) is 11. The molecule has 0 amide bonds. The van der Waals surface area contributed by atoms with Crippen molar-refractivity contribution in [3.63, 3.8) is 0 Å². The monoisotopic (exact) mass is 579 g/mol. The Bertz CT molecular complexity index is 1020. The summed E-state index contributed by atoms with van der Waals surface area (Å²) in [5.41, 5.74) is 6.62. The number of rotatable bonds is 13. The number of carbonyl (C=O) groups is 4. The van der Waals surface area contributed by atoms with E-state index in [0.29, 0.717) is 5.56 Å². The second kappa shape index (κ2) is 16.8. The third kappa shape index (κ3) is 12.4. The van der Waals surface area contributed by atoms with Gasteiger partial charge in [0.2, 0.25) is 0 Å². The predicted octanol–water partition coefficient (Wildman–Crippen LogP) is 5.34. The first-order valence-electron chi connectivity index (χ1n) is 14.3. The van der Waals surface area contributed by atoms with Gasteiger partial charge in [0.05, 0.1) is 19.1 Å². The lowest BCUT2D eigenvalue weighted by Gasteiger charge is -2.26. The van der Waals surface area contributed by atoms with Crippen LogP contribution in [0.2, 0.25) is 0 Å². The number of nitrogens with two attached hydrogens (primary N) is 1. The van der Waals surface area contributed by atoms with Gasteiger partial charge in [0.1, 0.15) is 18.2 Å². The van der Waals surface area contributed by atoms with E-state index < -0.39 is 36.5 Å². The summed E-state index contributed by atoms with van der Waals surface area (Å²) >= 11 is 0. The van der Waals surface area contributed by atoms with Crippen LogP contribution in [0.4, 0.5) is 9.59 Å². The zero-order valence-corrected chi connectivity index (χ0v) is 25.0. The van der Waals surface area contributed by atoms with Crippen molar-refractivity contribution in [3.8, 4) is 11.5 Å². The molecule has 1 unspecified atom stereocenters. The Hall–Kier alpha value is -3.34. The van der Waals surface area contributed by atoms with Crippen molar-refractivity contribution in [2.24, 2.45) is 23.5 Å². The molecular formula is C30H45NO10. The predicted molar refractivity (Wildman–Crippen MR) is 149 cm³/mol. The molecule has 1 aromatic rings. The fourth-order valence-electron chi connectivity index (χ4n) is 3.97. The van der Waals surface area contributed by atoms with Gasteiger partial charge in [-0.05, 0) is 62.6 Å². The van der Waals surface area contributed by atoms with Crippen molar-refractivity contribution in [1.29, 1.82) is 0 Å². The van der Waals surface area contributed by atoms with E-state index in [1.165, 1.54) is 12.1 Å². The van der Waals surface area contributed by atoms with Gasteiger partial charge in [0.25, 0.3) is 0 Å². The number of ether oxygens (including phenoxy) is 6. The highest BCUT2D eigenvalue weighted by molar-refractivity contribution is 5.76. The third-order valence-corrected chi connectivity index (χ3v) is 6.43. The summed E-state index contributed by atoms with van der Waals surface area (Å²) in [7, 11) is 0. The molecule has 1 aliphatic rings. The molecule has 0 spiro atoms. The first-order valence-corrected chi connectivity index (χ1v) is 14.3. The first-order chi connectivity index (χ1) is 19.3. The quantitative estimate of drug-likeness (QED) is 0.183. The smallest absolute Gasteiger partial charge is 0.459 e. The van der Waals surface area contributed by atoms with Crippen LogP contribution in [-0.4, -0.2) is 55.7 Å². The molecule has 11 nitrogen and oxygen atoms in total. The van der Waals surface area contributed by atoms with Gasteiger partial charge in [-0.3, -0.25) is 9.59 Å². The summed E-state index contributed by atoms with van der Waals surface area (Å²) in [6.45, 7) is 11.1. The standard InChI is InChI=1S/C30H45NO10/c1-18(2)16-36-29(34)40-25-13-12-22(15-26(25)41-30(35)37-17-19(3)4)14-24(31)28(33)39-21(6)20(5)38-27(32)23-10-8-7-9-11-23/h12-13,15,18-21,23-24H,7-11,14,16-17,31H2,1-6H3/t20?,21-,24-/m0/s1. The van der Waals surface area contributed by atoms with Crippen molar-refractivity contribution >= 4 is 24.2 Å². The maximum absolute atomic E-state index is 12.7. The third-order valence-electron chi connectivity index (χ3n) is 6.43. The number of esters is 2. The molecule has 1 saturated carbocycles. The summed E-state index contributed by atoms with van der Waals surface area (Å²) in [6.07, 6.45) is 1.52. The van der Waals surface area contributed by atoms with Crippen LogP contribution in [0, 0.1) is 17.8 Å². The molecule has 0 aliphatic heterocycles. The van der Waals surface area contributed by atoms with Crippen molar-refractivity contribution < 1.29 is 47.6 Å². The molecule has 1 aromatic carbocycles. The Balaban J connectivity index is 2.02. The van der Waals surface area contributed by atoms with E-state index >= 15 is 0 Å². The van der Waals surface area contributed by atoms with E-state index in [0.717, 1.165) is 32.1 Å². The van der Waals surface area contributed by atoms with Gasteiger partial charge in [-0.2, -0.15) is 0 Å². The Kier molecular flexibility index (Phi) is 13.9. The summed E-state index contributed by atoms with van der Waals surface area (Å²) in [5, 5.41) is 0. The largest absolute Gasteiger partial charge is 0.513 e. The molecule has 2 rings (SSSR count). The molecule has 1 fully saturated rings. The molecule has 0 radical (unpaired) electrons. The molecule has 230 valence electrons. The highest BCUT2D eigenvalue weighted by Crippen LogP contribution is 2.30. The van der Waals surface area contributed by atoms with Gasteiger partial charge in [-0.15, -0.1) is 0 Å². The van der Waals surface area contributed by atoms with Crippen LogP contribution in [0.15, 0.2) is 18.2 Å². The van der Waals surface area contributed by atoms with E-state index in [1.54, 1.807) is 19.9 Å². The fraction of sp³-hybridized carbons (Fsp3) is 0.667. The van der Waals surface area contributed by atoms with Gasteiger partial charge in [0.15, 0.2) is 11.5 Å². The number of hydrogen-bond donors (Lipinski definition) is 1. The van der Waals surface area contributed by atoms with E-state index in [9.17, 15) is 19.2 Å². The van der Waals surface area contributed by atoms with Crippen molar-refractivity contribution in [3.05, 3.63) is 23.8 Å². The normalized spacial score (nSPS) is 15.9. The van der Waals surface area contributed by atoms with Gasteiger partial charge in [-0.1, -0.05) is 53.0 Å². The minimum Gasteiger partial charge on any atom is -0.459 e. The number of benzene rings is 1. The van der Waals surface area contributed by atoms with Crippen molar-refractivity contribution in [1.82, 2.24) is 0 Å². The van der Waals surface area contributed by atoms with Gasteiger partial charge < -0.3 is 34.2 Å². The number of carbonyl (C=O) groups excluding carboxylic acids is 4. The maximum atomic E-state index is 12.7. The van der Waals surface area contributed by atoms with E-state index in [1.807, 2.05) is 27.7 Å². The van der Waals surface area contributed by atoms with Gasteiger partial charge in [0, 0.05) is 0 Å². The Morgan fingerprint density at radius 2 is 1.32 bits per heavy atom. The summed E-state index contributed by atoms with van der Waals surface area (Å²) in [6, 6.07) is 3.34. The highest BCUT2D eigenvalue weighted by atomic mass is 16.7. The molecule has 2 N–H and O–H groups in total. The molecule has 3 atom stereocenters. The lowest BCUT2D eigenvalue weighted by atomic mass is 9.89. The topological polar surface area (TPSA) is 150 Å². The molecule has 0 aromatic heterocycles. The Labute approximate surface area is 242 Å². The van der Waals surface area contributed by atoms with Gasteiger partial charge in [-0.25, -0.2) is 9.59 Å². The zero-order chi connectivity index (χ0) is 30.5. The Morgan fingerprint density at radius 1 is 0.780 bits per heavy atom. The second-order valence-corrected chi connectivity index (χ2v) is 11.3. The van der Waals surface area contributed by atoms with E-state index in [2.05, 4.69) is 0 Å². The minimum atomic E-state index is -1.07. The van der Waals surface area contributed by atoms with Crippen molar-refractivity contribution in [2.75, 3.05) is 13.2 Å². The molecule has 1 aliphatic carbocycles. The molecule has 41 heavy (non-hydrogen) atoms. The van der Waals surface area contributed by atoms with Crippen LogP contribution in [0.25, 0.3) is 0 Å². The molecule has 0 saturated heterocycles. The zero-order valence-electron chi connectivity index (χ0n) is 25.0. The summed E-state index contributed by atoms with van der Waals surface area (Å²) in [4.78, 5) is 49.5. The summed E-state index contributed by atoms with van der Waals surface area (Å²) in [5.74, 6) is -1.05. The van der Waals surface area contributed by atoms with Crippen molar-refractivity contribution in [2.45, 2.75) is 98.3 Å². The van der Waals surface area contributed by atoms with Crippen LogP contribution < -0.4 is 15.2 Å². The summed E-state index contributed by atoms with van der Waals surface area (Å²) < 4.78 is 31.6. The lowest BCUT2D eigenvalue weighted by Crippen LogP contribution is -2.40. The average Bonchev–Trinajstić information content (AvgIpc) is 2.92.